The number of nitrogens with one attached hydrogen (secondary N) is 2. The molecule has 2 heterocycles. The maximum absolute atomic E-state index is 13.8. The van der Waals surface area contributed by atoms with Crippen LogP contribution in [0.5, 0.6) is 0 Å². The molecular formula is C21H14Cl2F3N5O. The van der Waals surface area contributed by atoms with Crippen molar-refractivity contribution in [2.75, 3.05) is 10.6 Å². The van der Waals surface area contributed by atoms with E-state index >= 15 is 0 Å². The van der Waals surface area contributed by atoms with Gasteiger partial charge in [0.1, 0.15) is 5.82 Å². The van der Waals surface area contributed by atoms with Crippen LogP contribution in [0.25, 0.3) is 0 Å². The second-order valence-corrected chi connectivity index (χ2v) is 7.98. The van der Waals surface area contributed by atoms with Crippen molar-refractivity contribution in [3.63, 3.8) is 0 Å². The molecule has 0 spiro atoms. The van der Waals surface area contributed by atoms with E-state index in [1.165, 1.54) is 42.5 Å². The highest BCUT2D eigenvalue weighted by atomic mass is 35.5. The molecule has 2 N–H and O–H groups in total. The van der Waals surface area contributed by atoms with E-state index in [2.05, 4.69) is 15.7 Å². The number of rotatable bonds is 3. The van der Waals surface area contributed by atoms with E-state index in [0.717, 1.165) is 4.68 Å². The zero-order chi connectivity index (χ0) is 23.0. The Labute approximate surface area is 190 Å². The minimum Gasteiger partial charge on any atom is -0.363 e. The van der Waals surface area contributed by atoms with E-state index in [4.69, 9.17) is 28.5 Å². The molecule has 1 amide bonds. The SMILES string of the molecule is N#Cc1ccc(NC(=O)c2cc3n(n2)[C@@H](C(F)(F)F)C[C@H](c2ccc(Cl)c(Cl)c2)N3)cc1. The highest BCUT2D eigenvalue weighted by molar-refractivity contribution is 6.42. The number of benzene rings is 2. The number of carbonyl (C=O) groups is 1. The van der Waals surface area contributed by atoms with Crippen molar-refractivity contribution in [2.45, 2.75) is 24.7 Å². The standard InChI is InChI=1S/C21H14Cl2F3N5O/c22-14-6-3-12(7-15(14)23)16-8-18(21(24,25)26)31-19(29-16)9-17(30-31)20(32)28-13-4-1-11(10-27)2-5-13/h1-7,9,16,18,29H,8H2,(H,28,32)/t16-,18-/m1/s1. The first-order chi connectivity index (χ1) is 15.2. The van der Waals surface area contributed by atoms with E-state index in [1.807, 2.05) is 6.07 Å². The first kappa shape index (κ1) is 22.0. The molecule has 6 nitrogen and oxygen atoms in total. The lowest BCUT2D eigenvalue weighted by molar-refractivity contribution is -0.173. The van der Waals surface area contributed by atoms with Gasteiger partial charge in [-0.05, 0) is 42.0 Å². The summed E-state index contributed by atoms with van der Waals surface area (Å²) in [7, 11) is 0. The first-order valence-corrected chi connectivity index (χ1v) is 10.1. The predicted molar refractivity (Wildman–Crippen MR) is 114 cm³/mol. The summed E-state index contributed by atoms with van der Waals surface area (Å²) in [5, 5.41) is 18.8. The fourth-order valence-electron chi connectivity index (χ4n) is 3.46. The monoisotopic (exact) mass is 479 g/mol. The summed E-state index contributed by atoms with van der Waals surface area (Å²) in [5.74, 6) is -0.620. The molecule has 0 bridgehead atoms. The quantitative estimate of drug-likeness (QED) is 0.484. The zero-order valence-electron chi connectivity index (χ0n) is 16.1. The number of nitriles is 1. The lowest BCUT2D eigenvalue weighted by Gasteiger charge is -2.33. The van der Waals surface area contributed by atoms with Crippen LogP contribution in [0.4, 0.5) is 24.7 Å². The number of fused-ring (bicyclic) bond motifs is 1. The van der Waals surface area contributed by atoms with Gasteiger partial charge in [0.15, 0.2) is 11.7 Å². The number of hydrogen-bond acceptors (Lipinski definition) is 4. The van der Waals surface area contributed by atoms with Crippen molar-refractivity contribution >= 4 is 40.6 Å². The second-order valence-electron chi connectivity index (χ2n) is 7.17. The van der Waals surface area contributed by atoms with Crippen molar-refractivity contribution in [2.24, 2.45) is 0 Å². The Morgan fingerprint density at radius 3 is 2.50 bits per heavy atom. The van der Waals surface area contributed by atoms with Crippen molar-refractivity contribution in [1.82, 2.24) is 9.78 Å². The number of nitrogens with zero attached hydrogens (tertiary/aromatic N) is 3. The highest BCUT2D eigenvalue weighted by Crippen LogP contribution is 2.44. The van der Waals surface area contributed by atoms with Gasteiger partial charge in [0, 0.05) is 18.2 Å². The second kappa shape index (κ2) is 8.37. The first-order valence-electron chi connectivity index (χ1n) is 9.35. The van der Waals surface area contributed by atoms with Gasteiger partial charge in [0.05, 0.1) is 27.7 Å². The molecule has 164 valence electrons. The van der Waals surface area contributed by atoms with Gasteiger partial charge in [-0.2, -0.15) is 23.5 Å². The third kappa shape index (κ3) is 4.38. The van der Waals surface area contributed by atoms with Crippen LogP contribution in [0.15, 0.2) is 48.5 Å². The van der Waals surface area contributed by atoms with Crippen molar-refractivity contribution in [1.29, 1.82) is 5.26 Å². The Kier molecular flexibility index (Phi) is 5.75. The van der Waals surface area contributed by atoms with Gasteiger partial charge >= 0.3 is 6.18 Å². The summed E-state index contributed by atoms with van der Waals surface area (Å²) < 4.78 is 42.2. The topological polar surface area (TPSA) is 82.7 Å². The summed E-state index contributed by atoms with van der Waals surface area (Å²) in [4.78, 5) is 12.6. The Morgan fingerprint density at radius 1 is 1.16 bits per heavy atom. The lowest BCUT2D eigenvalue weighted by atomic mass is 9.97. The van der Waals surface area contributed by atoms with Gasteiger partial charge in [-0.25, -0.2) is 4.68 Å². The molecule has 0 fully saturated rings. The molecule has 0 saturated heterocycles. The molecule has 0 unspecified atom stereocenters. The number of alkyl halides is 3. The van der Waals surface area contributed by atoms with Gasteiger partial charge < -0.3 is 10.6 Å². The molecule has 0 saturated carbocycles. The number of amides is 1. The maximum atomic E-state index is 13.8. The average molecular weight is 480 g/mol. The van der Waals surface area contributed by atoms with Gasteiger partial charge in [-0.15, -0.1) is 0 Å². The van der Waals surface area contributed by atoms with Crippen LogP contribution in [0.3, 0.4) is 0 Å². The summed E-state index contributed by atoms with van der Waals surface area (Å²) >= 11 is 11.9. The third-order valence-corrected chi connectivity index (χ3v) is 5.78. The lowest BCUT2D eigenvalue weighted by Crippen LogP contribution is -2.35. The largest absolute Gasteiger partial charge is 0.410 e. The minimum atomic E-state index is -4.59. The van der Waals surface area contributed by atoms with E-state index in [0.29, 0.717) is 21.8 Å². The van der Waals surface area contributed by atoms with Crippen molar-refractivity contribution in [3.05, 3.63) is 75.4 Å². The van der Waals surface area contributed by atoms with E-state index in [-0.39, 0.29) is 23.0 Å². The number of aromatic nitrogens is 2. The molecule has 0 radical (unpaired) electrons. The van der Waals surface area contributed by atoms with Crippen LogP contribution >= 0.6 is 23.2 Å². The molecular weight excluding hydrogens is 466 g/mol. The van der Waals surface area contributed by atoms with Crippen LogP contribution < -0.4 is 10.6 Å². The molecule has 1 aliphatic heterocycles. The van der Waals surface area contributed by atoms with Gasteiger partial charge in [-0.1, -0.05) is 29.3 Å². The number of hydrogen-bond donors (Lipinski definition) is 2. The normalized spacial score (nSPS) is 17.8. The van der Waals surface area contributed by atoms with Gasteiger partial charge in [0.25, 0.3) is 5.91 Å². The average Bonchev–Trinajstić information content (AvgIpc) is 3.19. The predicted octanol–water partition coefficient (Wildman–Crippen LogP) is 5.97. The van der Waals surface area contributed by atoms with Crippen molar-refractivity contribution < 1.29 is 18.0 Å². The van der Waals surface area contributed by atoms with Crippen LogP contribution in [-0.4, -0.2) is 21.9 Å². The number of halogens is 5. The molecule has 32 heavy (non-hydrogen) atoms. The van der Waals surface area contributed by atoms with Crippen LogP contribution in [-0.2, 0) is 0 Å². The molecule has 1 aliphatic rings. The van der Waals surface area contributed by atoms with Gasteiger partial charge in [0.2, 0.25) is 0 Å². The Morgan fingerprint density at radius 2 is 1.88 bits per heavy atom. The van der Waals surface area contributed by atoms with Crippen molar-refractivity contribution in [3.8, 4) is 6.07 Å². The Balaban J connectivity index is 1.63. The van der Waals surface area contributed by atoms with Crippen LogP contribution in [0, 0.1) is 11.3 Å². The summed E-state index contributed by atoms with van der Waals surface area (Å²) in [5.41, 5.74) is 1.14. The Hall–Kier alpha value is -3.22. The maximum Gasteiger partial charge on any atom is 0.410 e. The van der Waals surface area contributed by atoms with Gasteiger partial charge in [-0.3, -0.25) is 4.79 Å². The molecule has 11 heteroatoms. The van der Waals surface area contributed by atoms with E-state index in [9.17, 15) is 18.0 Å². The molecule has 1 aromatic heterocycles. The minimum absolute atomic E-state index is 0.0552. The molecule has 2 atom stereocenters. The molecule has 3 aromatic rings. The van der Waals surface area contributed by atoms with Crippen LogP contribution in [0.1, 0.15) is 40.1 Å². The number of anilines is 2. The fraction of sp³-hybridized carbons (Fsp3) is 0.190. The van der Waals surface area contributed by atoms with E-state index in [1.54, 1.807) is 6.07 Å². The summed E-state index contributed by atoms with van der Waals surface area (Å²) in [6, 6.07) is 11.3. The Bertz CT molecular complexity index is 1220. The molecule has 4 rings (SSSR count). The molecule has 2 aromatic carbocycles. The summed E-state index contributed by atoms with van der Waals surface area (Å²) in [6.45, 7) is 0. The smallest absolute Gasteiger partial charge is 0.363 e. The number of carbonyl (C=O) groups excluding carboxylic acids is 1. The zero-order valence-corrected chi connectivity index (χ0v) is 17.6. The third-order valence-electron chi connectivity index (χ3n) is 5.04. The van der Waals surface area contributed by atoms with E-state index < -0.39 is 24.2 Å². The highest BCUT2D eigenvalue weighted by Gasteiger charge is 2.46. The van der Waals surface area contributed by atoms with Crippen LogP contribution in [0.2, 0.25) is 10.0 Å². The summed E-state index contributed by atoms with van der Waals surface area (Å²) in [6.07, 6.45) is -4.93. The molecule has 0 aliphatic carbocycles. The fourth-order valence-corrected chi connectivity index (χ4v) is 3.76.